The van der Waals surface area contributed by atoms with Gasteiger partial charge >= 0.3 is 0 Å². The summed E-state index contributed by atoms with van der Waals surface area (Å²) in [6.07, 6.45) is 0.961. The first-order valence-corrected chi connectivity index (χ1v) is 7.56. The molecule has 0 saturated heterocycles. The molecule has 3 rings (SSSR count). The Morgan fingerprint density at radius 3 is 2.29 bits per heavy atom. The standard InChI is InChI=1S/C18H17F2N3O/c19-15-5-1-12(2-6-15)17(24)11-21-9-14-10-22-23-18(14)13-3-7-16(20)8-4-13/h1-8,10,17,21,24H,9,11H2,(H,22,23). The number of hydrogen-bond donors (Lipinski definition) is 3. The predicted octanol–water partition coefficient (Wildman–Crippen LogP) is 3.18. The first kappa shape index (κ1) is 16.3. The van der Waals surface area contributed by atoms with Crippen LogP contribution >= 0.6 is 0 Å². The van der Waals surface area contributed by atoms with Crippen molar-refractivity contribution in [2.75, 3.05) is 6.54 Å². The van der Waals surface area contributed by atoms with Gasteiger partial charge in [-0.05, 0) is 42.0 Å². The van der Waals surface area contributed by atoms with E-state index < -0.39 is 6.10 Å². The second-order valence-corrected chi connectivity index (χ2v) is 5.48. The maximum absolute atomic E-state index is 13.0. The van der Waals surface area contributed by atoms with E-state index in [4.69, 9.17) is 0 Å². The summed E-state index contributed by atoms with van der Waals surface area (Å²) in [5.41, 5.74) is 3.20. The van der Waals surface area contributed by atoms with Crippen molar-refractivity contribution in [3.05, 3.63) is 77.5 Å². The van der Waals surface area contributed by atoms with Gasteiger partial charge in [-0.15, -0.1) is 0 Å². The fraction of sp³-hybridized carbons (Fsp3) is 0.167. The van der Waals surface area contributed by atoms with Crippen LogP contribution in [0.4, 0.5) is 8.78 Å². The molecule has 2 aromatic carbocycles. The van der Waals surface area contributed by atoms with Crippen LogP contribution in [-0.2, 0) is 6.54 Å². The summed E-state index contributed by atoms with van der Waals surface area (Å²) in [4.78, 5) is 0. The van der Waals surface area contributed by atoms with Gasteiger partial charge < -0.3 is 10.4 Å². The summed E-state index contributed by atoms with van der Waals surface area (Å²) in [5, 5.41) is 20.2. The van der Waals surface area contributed by atoms with Gasteiger partial charge in [0, 0.05) is 24.2 Å². The van der Waals surface area contributed by atoms with Crippen LogP contribution in [0.5, 0.6) is 0 Å². The second-order valence-electron chi connectivity index (χ2n) is 5.48. The van der Waals surface area contributed by atoms with Crippen LogP contribution < -0.4 is 5.32 Å². The lowest BCUT2D eigenvalue weighted by Gasteiger charge is -2.12. The molecule has 124 valence electrons. The van der Waals surface area contributed by atoms with E-state index in [0.717, 1.165) is 16.8 Å². The molecule has 0 spiro atoms. The summed E-state index contributed by atoms with van der Waals surface area (Å²) in [6, 6.07) is 11.9. The van der Waals surface area contributed by atoms with E-state index >= 15 is 0 Å². The summed E-state index contributed by atoms with van der Waals surface area (Å²) >= 11 is 0. The SMILES string of the molecule is OC(CNCc1cn[nH]c1-c1ccc(F)cc1)c1ccc(F)cc1. The number of aromatic amines is 1. The molecular weight excluding hydrogens is 312 g/mol. The Balaban J connectivity index is 1.60. The minimum atomic E-state index is -0.730. The molecule has 3 N–H and O–H groups in total. The van der Waals surface area contributed by atoms with E-state index in [0.29, 0.717) is 18.7 Å². The number of nitrogens with zero attached hydrogens (tertiary/aromatic N) is 1. The number of halogens is 2. The zero-order chi connectivity index (χ0) is 16.9. The molecule has 24 heavy (non-hydrogen) atoms. The molecule has 4 nitrogen and oxygen atoms in total. The molecule has 0 fully saturated rings. The van der Waals surface area contributed by atoms with Gasteiger partial charge in [0.05, 0.1) is 18.0 Å². The molecule has 0 aliphatic heterocycles. The Labute approximate surface area is 138 Å². The normalized spacial score (nSPS) is 12.3. The van der Waals surface area contributed by atoms with Crippen LogP contribution in [0, 0.1) is 11.6 Å². The number of aliphatic hydroxyl groups is 1. The third kappa shape index (κ3) is 3.84. The molecule has 0 saturated carbocycles. The van der Waals surface area contributed by atoms with Gasteiger partial charge in [-0.1, -0.05) is 12.1 Å². The average Bonchev–Trinajstić information content (AvgIpc) is 3.04. The Morgan fingerprint density at radius 2 is 1.62 bits per heavy atom. The summed E-state index contributed by atoms with van der Waals surface area (Å²) in [7, 11) is 0. The predicted molar refractivity (Wildman–Crippen MR) is 87.0 cm³/mol. The highest BCUT2D eigenvalue weighted by Crippen LogP contribution is 2.21. The second kappa shape index (κ2) is 7.33. The van der Waals surface area contributed by atoms with Crippen molar-refractivity contribution >= 4 is 0 Å². The topological polar surface area (TPSA) is 60.9 Å². The highest BCUT2D eigenvalue weighted by molar-refractivity contribution is 5.62. The molecule has 1 unspecified atom stereocenters. The van der Waals surface area contributed by atoms with Crippen molar-refractivity contribution in [3.8, 4) is 11.3 Å². The third-order valence-electron chi connectivity index (χ3n) is 3.76. The molecule has 0 bridgehead atoms. The first-order chi connectivity index (χ1) is 11.6. The number of aliphatic hydroxyl groups excluding tert-OH is 1. The van der Waals surface area contributed by atoms with Crippen molar-refractivity contribution in [2.24, 2.45) is 0 Å². The van der Waals surface area contributed by atoms with Gasteiger partial charge in [0.2, 0.25) is 0 Å². The van der Waals surface area contributed by atoms with Crippen molar-refractivity contribution in [3.63, 3.8) is 0 Å². The van der Waals surface area contributed by atoms with E-state index in [-0.39, 0.29) is 11.6 Å². The van der Waals surface area contributed by atoms with E-state index in [2.05, 4.69) is 15.5 Å². The van der Waals surface area contributed by atoms with E-state index in [9.17, 15) is 13.9 Å². The van der Waals surface area contributed by atoms with Gasteiger partial charge in [0.15, 0.2) is 0 Å². The monoisotopic (exact) mass is 329 g/mol. The zero-order valence-corrected chi connectivity index (χ0v) is 12.8. The van der Waals surface area contributed by atoms with Gasteiger partial charge in [0.25, 0.3) is 0 Å². The van der Waals surface area contributed by atoms with Crippen LogP contribution in [0.2, 0.25) is 0 Å². The molecule has 6 heteroatoms. The lowest BCUT2D eigenvalue weighted by molar-refractivity contribution is 0.174. The van der Waals surface area contributed by atoms with Gasteiger partial charge in [0.1, 0.15) is 11.6 Å². The van der Waals surface area contributed by atoms with Crippen LogP contribution in [0.15, 0.2) is 54.7 Å². The van der Waals surface area contributed by atoms with E-state index in [1.54, 1.807) is 30.5 Å². The zero-order valence-electron chi connectivity index (χ0n) is 12.8. The number of hydrogen-bond acceptors (Lipinski definition) is 3. The molecule has 1 heterocycles. The van der Waals surface area contributed by atoms with Crippen LogP contribution in [0.3, 0.4) is 0 Å². The molecule has 1 atom stereocenters. The van der Waals surface area contributed by atoms with Crippen molar-refractivity contribution in [1.29, 1.82) is 0 Å². The minimum absolute atomic E-state index is 0.291. The van der Waals surface area contributed by atoms with E-state index in [1.807, 2.05) is 0 Å². The number of aromatic nitrogens is 2. The average molecular weight is 329 g/mol. The Morgan fingerprint density at radius 1 is 1.00 bits per heavy atom. The molecule has 1 aromatic heterocycles. The van der Waals surface area contributed by atoms with Gasteiger partial charge in [-0.25, -0.2) is 8.78 Å². The molecule has 0 aliphatic carbocycles. The molecule has 0 amide bonds. The number of benzene rings is 2. The maximum Gasteiger partial charge on any atom is 0.123 e. The maximum atomic E-state index is 13.0. The van der Waals surface area contributed by atoms with Crippen molar-refractivity contribution in [2.45, 2.75) is 12.6 Å². The van der Waals surface area contributed by atoms with Crippen molar-refractivity contribution < 1.29 is 13.9 Å². The Bertz CT molecular complexity index is 785. The smallest absolute Gasteiger partial charge is 0.123 e. The Kier molecular flexibility index (Phi) is 4.98. The number of rotatable bonds is 6. The van der Waals surface area contributed by atoms with Gasteiger partial charge in [-0.2, -0.15) is 5.10 Å². The fourth-order valence-corrected chi connectivity index (χ4v) is 2.46. The Hall–Kier alpha value is -2.57. The summed E-state index contributed by atoms with van der Waals surface area (Å²) < 4.78 is 25.9. The van der Waals surface area contributed by atoms with Crippen LogP contribution in [-0.4, -0.2) is 21.8 Å². The lowest BCUT2D eigenvalue weighted by atomic mass is 10.1. The molecule has 0 radical (unpaired) electrons. The largest absolute Gasteiger partial charge is 0.387 e. The summed E-state index contributed by atoms with van der Waals surface area (Å²) in [6.45, 7) is 0.807. The van der Waals surface area contributed by atoms with Crippen LogP contribution in [0.25, 0.3) is 11.3 Å². The molecular formula is C18H17F2N3O. The first-order valence-electron chi connectivity index (χ1n) is 7.56. The highest BCUT2D eigenvalue weighted by Gasteiger charge is 2.10. The quantitative estimate of drug-likeness (QED) is 0.651. The van der Waals surface area contributed by atoms with Crippen LogP contribution in [0.1, 0.15) is 17.2 Å². The molecule has 0 aliphatic rings. The molecule has 3 aromatic rings. The van der Waals surface area contributed by atoms with Crippen molar-refractivity contribution in [1.82, 2.24) is 15.5 Å². The third-order valence-corrected chi connectivity index (χ3v) is 3.76. The number of H-pyrrole nitrogens is 1. The minimum Gasteiger partial charge on any atom is -0.387 e. The summed E-state index contributed by atoms with van der Waals surface area (Å²) in [5.74, 6) is -0.624. The number of nitrogens with one attached hydrogen (secondary N) is 2. The van der Waals surface area contributed by atoms with Gasteiger partial charge in [-0.3, -0.25) is 5.10 Å². The lowest BCUT2D eigenvalue weighted by Crippen LogP contribution is -2.21. The highest BCUT2D eigenvalue weighted by atomic mass is 19.1. The van der Waals surface area contributed by atoms with E-state index in [1.165, 1.54) is 24.3 Å². The fourth-order valence-electron chi connectivity index (χ4n) is 2.46.